The maximum absolute atomic E-state index is 13.0. The van der Waals surface area contributed by atoms with Crippen molar-refractivity contribution >= 4 is 24.9 Å². The van der Waals surface area contributed by atoms with E-state index < -0.39 is 31.7 Å². The number of anilines is 1. The number of benzene rings is 1. The number of imidazole rings is 1. The summed E-state index contributed by atoms with van der Waals surface area (Å²) >= 11 is 0. The van der Waals surface area contributed by atoms with Crippen LogP contribution in [-0.4, -0.2) is 50.6 Å². The number of rotatable bonds is 5. The lowest BCUT2D eigenvalue weighted by Crippen LogP contribution is -2.37. The van der Waals surface area contributed by atoms with Crippen LogP contribution >= 0.6 is 7.82 Å². The highest BCUT2D eigenvalue weighted by atomic mass is 31.2. The molecule has 3 aromatic rings. The molecule has 0 amide bonds. The molecule has 13 nitrogen and oxygen atoms in total. The molecule has 1 saturated heterocycles. The minimum Gasteiger partial charge on any atom is -0.479 e. The zero-order valence-corrected chi connectivity index (χ0v) is 19.1. The predicted octanol–water partition coefficient (Wildman–Crippen LogP) is 1.94. The minimum atomic E-state index is -3.96. The lowest BCUT2D eigenvalue weighted by Gasteiger charge is -2.26. The molecule has 1 aromatic carbocycles. The molecular weight excluding hydrogens is 467 g/mol. The second kappa shape index (κ2) is 8.19. The third-order valence-electron chi connectivity index (χ3n) is 5.83. The number of aromatic nitrogens is 4. The third-order valence-corrected chi connectivity index (χ3v) is 7.17. The smallest absolute Gasteiger partial charge is 0.479 e. The summed E-state index contributed by atoms with van der Waals surface area (Å²) in [5.41, 5.74) is 5.64. The highest BCUT2D eigenvalue weighted by Gasteiger charge is 2.56. The number of nitrogens with two attached hydrogens (primary N) is 1. The number of hydrogen-bond donors (Lipinski definition) is 2. The van der Waals surface area contributed by atoms with Crippen LogP contribution in [-0.2, 0) is 25.0 Å². The second-order valence-corrected chi connectivity index (χ2v) is 9.59. The van der Waals surface area contributed by atoms with Crippen molar-refractivity contribution in [1.29, 1.82) is 5.26 Å². The Hall–Kier alpha value is -3.27. The zero-order chi connectivity index (χ0) is 24.1. The van der Waals surface area contributed by atoms with Crippen LogP contribution in [0, 0.1) is 16.7 Å². The number of nitrogens with zero attached hydrogens (tertiary/aromatic N) is 5. The van der Waals surface area contributed by atoms with E-state index in [1.165, 1.54) is 24.9 Å². The number of fused-ring (bicyclic) bond motifs is 2. The molecule has 0 radical (unpaired) electrons. The van der Waals surface area contributed by atoms with Crippen LogP contribution in [0.15, 0.2) is 30.6 Å². The number of para-hydroxylation sites is 1. The summed E-state index contributed by atoms with van der Waals surface area (Å²) in [5.74, 6) is 0.484. The summed E-state index contributed by atoms with van der Waals surface area (Å²) in [5, 5.41) is 20.9. The Morgan fingerprint density at radius 3 is 2.97 bits per heavy atom. The van der Waals surface area contributed by atoms with Crippen LogP contribution in [0.3, 0.4) is 0 Å². The zero-order valence-electron chi connectivity index (χ0n) is 18.2. The third kappa shape index (κ3) is 3.56. The molecule has 2 aliphatic rings. The molecule has 14 heteroatoms. The van der Waals surface area contributed by atoms with Gasteiger partial charge in [-0.05, 0) is 13.0 Å². The molecule has 2 aliphatic heterocycles. The van der Waals surface area contributed by atoms with Crippen molar-refractivity contribution in [1.82, 2.24) is 19.5 Å². The van der Waals surface area contributed by atoms with E-state index in [1.54, 1.807) is 18.2 Å². The van der Waals surface area contributed by atoms with Gasteiger partial charge in [0.05, 0.1) is 32.7 Å². The van der Waals surface area contributed by atoms with Crippen molar-refractivity contribution in [2.24, 2.45) is 5.41 Å². The Morgan fingerprint density at radius 2 is 2.21 bits per heavy atom. The van der Waals surface area contributed by atoms with Gasteiger partial charge < -0.3 is 24.8 Å². The first-order valence-corrected chi connectivity index (χ1v) is 11.7. The van der Waals surface area contributed by atoms with Crippen molar-refractivity contribution in [3.63, 3.8) is 0 Å². The fourth-order valence-corrected chi connectivity index (χ4v) is 5.20. The Morgan fingerprint density at radius 1 is 1.41 bits per heavy atom. The van der Waals surface area contributed by atoms with Gasteiger partial charge in [-0.15, -0.1) is 0 Å². The van der Waals surface area contributed by atoms with Gasteiger partial charge in [-0.2, -0.15) is 15.2 Å². The molecule has 1 unspecified atom stereocenters. The number of methoxy groups -OCH3 is 1. The fourth-order valence-electron chi connectivity index (χ4n) is 3.98. The van der Waals surface area contributed by atoms with Crippen LogP contribution in [0.4, 0.5) is 5.95 Å². The minimum absolute atomic E-state index is 0.0457. The first-order chi connectivity index (χ1) is 16.3. The number of aliphatic hydroxyl groups excluding tert-OH is 1. The Kier molecular flexibility index (Phi) is 5.43. The van der Waals surface area contributed by atoms with Gasteiger partial charge in [-0.1, -0.05) is 18.2 Å². The highest BCUT2D eigenvalue weighted by Crippen LogP contribution is 2.55. The monoisotopic (exact) mass is 488 g/mol. The molecule has 2 aromatic heterocycles. The molecule has 5 rings (SSSR count). The normalized spacial score (nSPS) is 30.5. The molecule has 4 heterocycles. The lowest BCUT2D eigenvalue weighted by molar-refractivity contribution is -0.0478. The average Bonchev–Trinajstić information content (AvgIpc) is 3.36. The van der Waals surface area contributed by atoms with Gasteiger partial charge in [-0.25, -0.2) is 9.55 Å². The highest BCUT2D eigenvalue weighted by molar-refractivity contribution is 7.49. The SMILES string of the molecule is COc1nc(N)nc2c1ncn2[C@@H]1O[C@H](COP2(=O)OCc3ccccc3O2)[C@@H](O)[C@@]1(C)C#N. The molecule has 3 N–H and O–H groups in total. The standard InChI is InChI=1S/C20H21N6O7P/c1-20(9-21)15(27)13(8-31-34(28)30-7-11-5-3-4-6-12(11)33-34)32-18(20)26-10-23-14-16(26)24-19(22)25-17(14)29-2/h3-6,10,13,15,18,27H,7-8H2,1-2H3,(H2,22,24,25)/t13-,15-,18-,20-,34?/m1/s1. The molecule has 0 aliphatic carbocycles. The summed E-state index contributed by atoms with van der Waals surface area (Å²) < 4.78 is 41.8. The van der Waals surface area contributed by atoms with E-state index in [9.17, 15) is 14.9 Å². The molecule has 0 bridgehead atoms. The van der Waals surface area contributed by atoms with Crippen molar-refractivity contribution in [3.8, 4) is 17.7 Å². The summed E-state index contributed by atoms with van der Waals surface area (Å²) in [6, 6.07) is 9.10. The van der Waals surface area contributed by atoms with E-state index in [1.807, 2.05) is 6.07 Å². The molecule has 178 valence electrons. The number of phosphoric ester groups is 1. The van der Waals surface area contributed by atoms with Crippen LogP contribution in [0.25, 0.3) is 11.2 Å². The number of hydrogen-bond acceptors (Lipinski definition) is 12. The number of nitriles is 1. The van der Waals surface area contributed by atoms with Gasteiger partial charge in [0.15, 0.2) is 17.4 Å². The Bertz CT molecular complexity index is 1340. The van der Waals surface area contributed by atoms with Gasteiger partial charge in [0, 0.05) is 5.56 Å². The van der Waals surface area contributed by atoms with E-state index >= 15 is 0 Å². The molecule has 1 fully saturated rings. The van der Waals surface area contributed by atoms with E-state index in [0.717, 1.165) is 5.56 Å². The van der Waals surface area contributed by atoms with Gasteiger partial charge in [0.1, 0.15) is 23.4 Å². The summed E-state index contributed by atoms with van der Waals surface area (Å²) in [4.78, 5) is 12.4. The average molecular weight is 488 g/mol. The summed E-state index contributed by atoms with van der Waals surface area (Å²) in [6.45, 7) is 1.22. The van der Waals surface area contributed by atoms with Crippen molar-refractivity contribution < 1.29 is 32.7 Å². The van der Waals surface area contributed by atoms with Gasteiger partial charge in [0.25, 0.3) is 0 Å². The Balaban J connectivity index is 1.40. The maximum atomic E-state index is 13.0. The maximum Gasteiger partial charge on any atom is 0.530 e. The second-order valence-electron chi connectivity index (χ2n) is 8.00. The first-order valence-electron chi connectivity index (χ1n) is 10.2. The van der Waals surface area contributed by atoms with Crippen LogP contribution < -0.4 is 15.0 Å². The molecule has 0 saturated carbocycles. The lowest BCUT2D eigenvalue weighted by atomic mass is 9.84. The number of nitrogen functional groups attached to an aromatic ring is 1. The number of aliphatic hydroxyl groups is 1. The van der Waals surface area contributed by atoms with Crippen LogP contribution in [0.1, 0.15) is 18.7 Å². The van der Waals surface area contributed by atoms with Crippen LogP contribution in [0.2, 0.25) is 0 Å². The quantitative estimate of drug-likeness (QED) is 0.500. The molecular formula is C20H21N6O7P. The van der Waals surface area contributed by atoms with Crippen molar-refractivity contribution in [2.45, 2.75) is 32.0 Å². The molecule has 34 heavy (non-hydrogen) atoms. The molecule has 5 atom stereocenters. The summed E-state index contributed by atoms with van der Waals surface area (Å²) in [6.07, 6.45) is -1.99. The largest absolute Gasteiger partial charge is 0.530 e. The molecule has 0 spiro atoms. The van der Waals surface area contributed by atoms with Crippen LogP contribution in [0.5, 0.6) is 11.6 Å². The van der Waals surface area contributed by atoms with E-state index in [4.69, 9.17) is 28.8 Å². The first kappa shape index (κ1) is 22.5. The topological polar surface area (TPSA) is 177 Å². The Labute approximate surface area is 193 Å². The number of phosphoric acid groups is 1. The van der Waals surface area contributed by atoms with Gasteiger partial charge in [0.2, 0.25) is 11.8 Å². The van der Waals surface area contributed by atoms with Gasteiger partial charge in [-0.3, -0.25) is 13.6 Å². The van der Waals surface area contributed by atoms with Crippen molar-refractivity contribution in [3.05, 3.63) is 36.2 Å². The van der Waals surface area contributed by atoms with Gasteiger partial charge >= 0.3 is 7.82 Å². The van der Waals surface area contributed by atoms with Crippen molar-refractivity contribution in [2.75, 3.05) is 19.5 Å². The van der Waals surface area contributed by atoms with E-state index in [-0.39, 0.29) is 30.7 Å². The van der Waals surface area contributed by atoms with E-state index in [2.05, 4.69) is 21.0 Å². The summed E-state index contributed by atoms with van der Waals surface area (Å²) in [7, 11) is -2.54. The fraction of sp³-hybridized carbons (Fsp3) is 0.400. The number of ether oxygens (including phenoxy) is 2. The van der Waals surface area contributed by atoms with E-state index in [0.29, 0.717) is 11.3 Å². The predicted molar refractivity (Wildman–Crippen MR) is 115 cm³/mol.